The van der Waals surface area contributed by atoms with Crippen LogP contribution >= 0.6 is 0 Å². The first-order chi connectivity index (χ1) is 7.25. The minimum atomic E-state index is 0.609. The van der Waals surface area contributed by atoms with Gasteiger partial charge in [-0.25, -0.2) is 4.98 Å². The van der Waals surface area contributed by atoms with Gasteiger partial charge in [-0.3, -0.25) is 4.98 Å². The molecule has 2 heterocycles. The SMILES string of the molecule is CN(C)[C@H]1Cc2[nH]c3nccnc3c2C1. The lowest BCUT2D eigenvalue weighted by Gasteiger charge is -2.17. The zero-order chi connectivity index (χ0) is 10.4. The van der Waals surface area contributed by atoms with Gasteiger partial charge in [0.25, 0.3) is 0 Å². The summed E-state index contributed by atoms with van der Waals surface area (Å²) in [5.41, 5.74) is 4.66. The van der Waals surface area contributed by atoms with Crippen LogP contribution in [0.25, 0.3) is 11.2 Å². The molecule has 0 unspecified atom stereocenters. The molecule has 0 bridgehead atoms. The van der Waals surface area contributed by atoms with Gasteiger partial charge in [-0.1, -0.05) is 0 Å². The van der Waals surface area contributed by atoms with E-state index in [1.165, 1.54) is 11.3 Å². The maximum atomic E-state index is 4.39. The van der Waals surface area contributed by atoms with E-state index in [9.17, 15) is 0 Å². The molecule has 1 atom stereocenters. The Labute approximate surface area is 88.3 Å². The molecular formula is C11H14N4. The first kappa shape index (κ1) is 8.85. The van der Waals surface area contributed by atoms with Gasteiger partial charge < -0.3 is 9.88 Å². The van der Waals surface area contributed by atoms with Crippen molar-refractivity contribution in [3.05, 3.63) is 23.7 Å². The van der Waals surface area contributed by atoms with E-state index in [0.29, 0.717) is 6.04 Å². The number of fused-ring (bicyclic) bond motifs is 3. The third-order valence-electron chi connectivity index (χ3n) is 3.23. The van der Waals surface area contributed by atoms with E-state index >= 15 is 0 Å². The van der Waals surface area contributed by atoms with Gasteiger partial charge in [0.1, 0.15) is 5.52 Å². The van der Waals surface area contributed by atoms with Crippen LogP contribution in [0.2, 0.25) is 0 Å². The monoisotopic (exact) mass is 202 g/mol. The number of nitrogens with zero attached hydrogens (tertiary/aromatic N) is 3. The maximum absolute atomic E-state index is 4.39. The van der Waals surface area contributed by atoms with Crippen molar-refractivity contribution in [2.24, 2.45) is 0 Å². The van der Waals surface area contributed by atoms with Crippen molar-refractivity contribution in [2.45, 2.75) is 18.9 Å². The molecule has 2 aromatic heterocycles. The fourth-order valence-electron chi connectivity index (χ4n) is 2.31. The largest absolute Gasteiger partial charge is 0.342 e. The molecule has 2 aromatic rings. The van der Waals surface area contributed by atoms with E-state index in [0.717, 1.165) is 24.0 Å². The second-order valence-electron chi connectivity index (χ2n) is 4.36. The Morgan fingerprint density at radius 3 is 2.87 bits per heavy atom. The molecule has 0 spiro atoms. The van der Waals surface area contributed by atoms with Gasteiger partial charge in [-0.15, -0.1) is 0 Å². The Morgan fingerprint density at radius 1 is 1.27 bits per heavy atom. The third-order valence-corrected chi connectivity index (χ3v) is 3.23. The summed E-state index contributed by atoms with van der Waals surface area (Å²) >= 11 is 0. The van der Waals surface area contributed by atoms with Crippen LogP contribution in [0, 0.1) is 0 Å². The molecule has 0 aromatic carbocycles. The Hall–Kier alpha value is -1.42. The summed E-state index contributed by atoms with van der Waals surface area (Å²) in [7, 11) is 4.26. The molecule has 4 nitrogen and oxygen atoms in total. The van der Waals surface area contributed by atoms with Crippen molar-refractivity contribution in [3.8, 4) is 0 Å². The van der Waals surface area contributed by atoms with E-state index in [2.05, 4.69) is 33.9 Å². The van der Waals surface area contributed by atoms with Crippen LogP contribution in [0.4, 0.5) is 0 Å². The highest BCUT2D eigenvalue weighted by Crippen LogP contribution is 2.29. The van der Waals surface area contributed by atoms with Gasteiger partial charge >= 0.3 is 0 Å². The molecule has 0 aliphatic heterocycles. The highest BCUT2D eigenvalue weighted by molar-refractivity contribution is 5.77. The molecule has 3 rings (SSSR count). The number of likely N-dealkylation sites (N-methyl/N-ethyl adjacent to an activating group) is 1. The van der Waals surface area contributed by atoms with Crippen LogP contribution in [0.1, 0.15) is 11.3 Å². The first-order valence-electron chi connectivity index (χ1n) is 5.22. The molecular weight excluding hydrogens is 188 g/mol. The first-order valence-corrected chi connectivity index (χ1v) is 5.22. The number of rotatable bonds is 1. The van der Waals surface area contributed by atoms with Crippen LogP contribution in [0.5, 0.6) is 0 Å². The van der Waals surface area contributed by atoms with E-state index in [1.807, 2.05) is 0 Å². The summed E-state index contributed by atoms with van der Waals surface area (Å²) in [6.07, 6.45) is 5.66. The summed E-state index contributed by atoms with van der Waals surface area (Å²) in [6, 6.07) is 0.609. The van der Waals surface area contributed by atoms with Crippen LogP contribution in [0.3, 0.4) is 0 Å². The molecule has 0 amide bonds. The predicted molar refractivity (Wildman–Crippen MR) is 58.8 cm³/mol. The normalized spacial score (nSPS) is 20.1. The second kappa shape index (κ2) is 3.03. The smallest absolute Gasteiger partial charge is 0.156 e. The van der Waals surface area contributed by atoms with E-state index in [4.69, 9.17) is 0 Å². The molecule has 15 heavy (non-hydrogen) atoms. The van der Waals surface area contributed by atoms with Crippen molar-refractivity contribution in [1.82, 2.24) is 19.9 Å². The summed E-state index contributed by atoms with van der Waals surface area (Å²) in [5, 5.41) is 0. The van der Waals surface area contributed by atoms with Crippen molar-refractivity contribution >= 4 is 11.2 Å². The lowest BCUT2D eigenvalue weighted by molar-refractivity contribution is 0.303. The average molecular weight is 202 g/mol. The Kier molecular flexibility index (Phi) is 1.79. The number of hydrogen-bond acceptors (Lipinski definition) is 3. The number of aromatic amines is 1. The van der Waals surface area contributed by atoms with Gasteiger partial charge in [-0.05, 0) is 20.5 Å². The minimum Gasteiger partial charge on any atom is -0.342 e. The zero-order valence-electron chi connectivity index (χ0n) is 8.99. The molecule has 0 fully saturated rings. The van der Waals surface area contributed by atoms with Gasteiger partial charge in [0.05, 0.1) is 0 Å². The van der Waals surface area contributed by atoms with Crippen molar-refractivity contribution < 1.29 is 0 Å². The fraction of sp³-hybridized carbons (Fsp3) is 0.455. The summed E-state index contributed by atoms with van der Waals surface area (Å²) in [6.45, 7) is 0. The fourth-order valence-corrected chi connectivity index (χ4v) is 2.31. The lowest BCUT2D eigenvalue weighted by atomic mass is 10.2. The zero-order valence-corrected chi connectivity index (χ0v) is 8.99. The minimum absolute atomic E-state index is 0.609. The highest BCUT2D eigenvalue weighted by atomic mass is 15.1. The number of aromatic nitrogens is 3. The van der Waals surface area contributed by atoms with Gasteiger partial charge in [0, 0.05) is 36.1 Å². The number of nitrogens with one attached hydrogen (secondary N) is 1. The molecule has 1 N–H and O–H groups in total. The molecule has 0 saturated carbocycles. The van der Waals surface area contributed by atoms with Crippen molar-refractivity contribution in [2.75, 3.05) is 14.1 Å². The van der Waals surface area contributed by atoms with E-state index in [1.54, 1.807) is 12.4 Å². The van der Waals surface area contributed by atoms with Crippen LogP contribution in [-0.4, -0.2) is 40.0 Å². The van der Waals surface area contributed by atoms with Gasteiger partial charge in [0.2, 0.25) is 0 Å². The highest BCUT2D eigenvalue weighted by Gasteiger charge is 2.27. The van der Waals surface area contributed by atoms with Crippen LogP contribution in [-0.2, 0) is 12.8 Å². The third kappa shape index (κ3) is 1.25. The summed E-state index contributed by atoms with van der Waals surface area (Å²) in [4.78, 5) is 14.3. The molecule has 1 aliphatic carbocycles. The Bertz CT molecular complexity index is 500. The molecule has 4 heteroatoms. The summed E-state index contributed by atoms with van der Waals surface area (Å²) < 4.78 is 0. The molecule has 78 valence electrons. The average Bonchev–Trinajstić information content (AvgIpc) is 2.73. The summed E-state index contributed by atoms with van der Waals surface area (Å²) in [5.74, 6) is 0. The van der Waals surface area contributed by atoms with Gasteiger partial charge in [-0.2, -0.15) is 0 Å². The molecule has 0 saturated heterocycles. The number of hydrogen-bond donors (Lipinski definition) is 1. The van der Waals surface area contributed by atoms with Crippen LogP contribution < -0.4 is 0 Å². The second-order valence-corrected chi connectivity index (χ2v) is 4.36. The Morgan fingerprint density at radius 2 is 2.07 bits per heavy atom. The quantitative estimate of drug-likeness (QED) is 0.750. The maximum Gasteiger partial charge on any atom is 0.156 e. The predicted octanol–water partition coefficient (Wildman–Crippen LogP) is 0.987. The Balaban J connectivity index is 2.08. The number of H-pyrrole nitrogens is 1. The molecule has 0 radical (unpaired) electrons. The van der Waals surface area contributed by atoms with Gasteiger partial charge in [0.15, 0.2) is 5.65 Å². The van der Waals surface area contributed by atoms with Crippen LogP contribution in [0.15, 0.2) is 12.4 Å². The van der Waals surface area contributed by atoms with E-state index < -0.39 is 0 Å². The standard InChI is InChI=1S/C11H14N4/c1-15(2)7-5-8-9(6-7)14-11-10(8)12-3-4-13-11/h3-4,7H,5-6H2,1-2H3,(H,13,14)/t7-/m1/s1. The van der Waals surface area contributed by atoms with Crippen molar-refractivity contribution in [1.29, 1.82) is 0 Å². The molecule has 1 aliphatic rings. The lowest BCUT2D eigenvalue weighted by Crippen LogP contribution is -2.28. The topological polar surface area (TPSA) is 44.8 Å². The van der Waals surface area contributed by atoms with Crippen molar-refractivity contribution in [3.63, 3.8) is 0 Å². The van der Waals surface area contributed by atoms with E-state index in [-0.39, 0.29) is 0 Å².